The summed E-state index contributed by atoms with van der Waals surface area (Å²) in [7, 11) is 0. The highest BCUT2D eigenvalue weighted by Gasteiger charge is 2.07. The Morgan fingerprint density at radius 1 is 1.44 bits per heavy atom. The molecule has 0 amide bonds. The van der Waals surface area contributed by atoms with Gasteiger partial charge in [0.25, 0.3) is 0 Å². The standard InChI is InChI=1S/C13H16N2O3/c1-2-6-18-7-5-12-14-10-4-3-9(13(16)17)8-11(10)15-12/h3-4,8H,2,5-7H2,1H3,(H,14,15)(H,16,17). The molecule has 0 unspecified atom stereocenters. The van der Waals surface area contributed by atoms with Crippen LogP contribution in [0, 0.1) is 0 Å². The minimum atomic E-state index is -0.931. The number of carboxylic acid groups (broad SMARTS) is 1. The summed E-state index contributed by atoms with van der Waals surface area (Å²) in [5.41, 5.74) is 1.80. The number of ether oxygens (including phenoxy) is 1. The Morgan fingerprint density at radius 2 is 2.28 bits per heavy atom. The van der Waals surface area contributed by atoms with E-state index < -0.39 is 5.97 Å². The van der Waals surface area contributed by atoms with Crippen molar-refractivity contribution in [2.75, 3.05) is 13.2 Å². The first-order valence-corrected chi connectivity index (χ1v) is 6.00. The molecule has 0 saturated heterocycles. The highest BCUT2D eigenvalue weighted by Crippen LogP contribution is 2.14. The van der Waals surface area contributed by atoms with Gasteiger partial charge in [0.2, 0.25) is 0 Å². The molecule has 0 fully saturated rings. The van der Waals surface area contributed by atoms with Crippen molar-refractivity contribution in [1.82, 2.24) is 9.97 Å². The highest BCUT2D eigenvalue weighted by atomic mass is 16.5. The molecule has 1 aromatic carbocycles. The van der Waals surface area contributed by atoms with Gasteiger partial charge in [-0.1, -0.05) is 6.92 Å². The molecule has 0 spiro atoms. The number of H-pyrrole nitrogens is 1. The summed E-state index contributed by atoms with van der Waals surface area (Å²) in [6, 6.07) is 4.87. The number of aromatic carboxylic acids is 1. The number of aromatic amines is 1. The lowest BCUT2D eigenvalue weighted by Crippen LogP contribution is -2.00. The van der Waals surface area contributed by atoms with Gasteiger partial charge in [-0.2, -0.15) is 0 Å². The second-order valence-electron chi connectivity index (χ2n) is 4.08. The van der Waals surface area contributed by atoms with E-state index >= 15 is 0 Å². The first-order valence-electron chi connectivity index (χ1n) is 6.00. The molecule has 0 aliphatic heterocycles. The molecular weight excluding hydrogens is 232 g/mol. The van der Waals surface area contributed by atoms with Gasteiger partial charge in [-0.25, -0.2) is 9.78 Å². The molecule has 0 atom stereocenters. The maximum absolute atomic E-state index is 10.8. The molecule has 2 aromatic rings. The van der Waals surface area contributed by atoms with Crippen molar-refractivity contribution < 1.29 is 14.6 Å². The number of fused-ring (bicyclic) bond motifs is 1. The van der Waals surface area contributed by atoms with E-state index in [4.69, 9.17) is 9.84 Å². The predicted octanol–water partition coefficient (Wildman–Crippen LogP) is 2.23. The average Bonchev–Trinajstić information content (AvgIpc) is 2.76. The van der Waals surface area contributed by atoms with E-state index in [1.54, 1.807) is 18.2 Å². The van der Waals surface area contributed by atoms with Crippen LogP contribution in [0.2, 0.25) is 0 Å². The van der Waals surface area contributed by atoms with Crippen LogP contribution in [0.5, 0.6) is 0 Å². The number of carbonyl (C=O) groups is 1. The van der Waals surface area contributed by atoms with E-state index in [0.29, 0.717) is 13.0 Å². The van der Waals surface area contributed by atoms with Crippen molar-refractivity contribution >= 4 is 17.0 Å². The van der Waals surface area contributed by atoms with Gasteiger partial charge in [-0.3, -0.25) is 0 Å². The molecule has 0 aliphatic carbocycles. The summed E-state index contributed by atoms with van der Waals surface area (Å²) >= 11 is 0. The van der Waals surface area contributed by atoms with Crippen molar-refractivity contribution in [2.45, 2.75) is 19.8 Å². The smallest absolute Gasteiger partial charge is 0.335 e. The summed E-state index contributed by atoms with van der Waals surface area (Å²) in [5.74, 6) is -0.108. The zero-order chi connectivity index (χ0) is 13.0. The van der Waals surface area contributed by atoms with Crippen molar-refractivity contribution in [3.63, 3.8) is 0 Å². The van der Waals surface area contributed by atoms with Crippen molar-refractivity contribution in [2.24, 2.45) is 0 Å². The van der Waals surface area contributed by atoms with Gasteiger partial charge in [-0.15, -0.1) is 0 Å². The molecule has 1 heterocycles. The highest BCUT2D eigenvalue weighted by molar-refractivity contribution is 5.92. The Bertz CT molecular complexity index is 548. The number of benzene rings is 1. The van der Waals surface area contributed by atoms with Crippen molar-refractivity contribution in [3.8, 4) is 0 Å². The van der Waals surface area contributed by atoms with E-state index in [9.17, 15) is 4.79 Å². The number of nitrogens with zero attached hydrogens (tertiary/aromatic N) is 1. The Balaban J connectivity index is 2.09. The van der Waals surface area contributed by atoms with Gasteiger partial charge in [0.05, 0.1) is 23.2 Å². The molecule has 0 radical (unpaired) electrons. The molecule has 18 heavy (non-hydrogen) atoms. The number of hydrogen-bond acceptors (Lipinski definition) is 3. The predicted molar refractivity (Wildman–Crippen MR) is 67.9 cm³/mol. The molecule has 0 saturated carbocycles. The van der Waals surface area contributed by atoms with Crippen LogP contribution in [0.1, 0.15) is 29.5 Å². The molecule has 2 N–H and O–H groups in total. The second-order valence-corrected chi connectivity index (χ2v) is 4.08. The van der Waals surface area contributed by atoms with E-state index in [-0.39, 0.29) is 5.56 Å². The number of nitrogens with one attached hydrogen (secondary N) is 1. The van der Waals surface area contributed by atoms with Gasteiger partial charge in [0.15, 0.2) is 0 Å². The molecule has 5 heteroatoms. The summed E-state index contributed by atoms with van der Waals surface area (Å²) in [5, 5.41) is 8.90. The van der Waals surface area contributed by atoms with Crippen LogP contribution >= 0.6 is 0 Å². The van der Waals surface area contributed by atoms with E-state index in [1.165, 1.54) is 0 Å². The third kappa shape index (κ3) is 2.87. The van der Waals surface area contributed by atoms with Gasteiger partial charge >= 0.3 is 5.97 Å². The first-order chi connectivity index (χ1) is 8.70. The monoisotopic (exact) mass is 248 g/mol. The minimum Gasteiger partial charge on any atom is -0.478 e. The van der Waals surface area contributed by atoms with Crippen LogP contribution in [-0.2, 0) is 11.2 Å². The van der Waals surface area contributed by atoms with Gasteiger partial charge in [0, 0.05) is 13.0 Å². The fourth-order valence-electron chi connectivity index (χ4n) is 1.73. The van der Waals surface area contributed by atoms with Crippen molar-refractivity contribution in [1.29, 1.82) is 0 Å². The number of aromatic nitrogens is 2. The van der Waals surface area contributed by atoms with E-state index in [1.807, 2.05) is 0 Å². The number of hydrogen-bond donors (Lipinski definition) is 2. The van der Waals surface area contributed by atoms with Crippen LogP contribution in [0.4, 0.5) is 0 Å². The van der Waals surface area contributed by atoms with E-state index in [0.717, 1.165) is 29.9 Å². The van der Waals surface area contributed by atoms with Gasteiger partial charge in [0.1, 0.15) is 5.82 Å². The number of imidazole rings is 1. The summed E-state index contributed by atoms with van der Waals surface area (Å²) in [6.45, 7) is 3.44. The molecular formula is C13H16N2O3. The Morgan fingerprint density at radius 3 is 3.00 bits per heavy atom. The molecule has 1 aromatic heterocycles. The summed E-state index contributed by atoms with van der Waals surface area (Å²) in [6.07, 6.45) is 1.71. The van der Waals surface area contributed by atoms with Gasteiger partial charge < -0.3 is 14.8 Å². The third-order valence-electron chi connectivity index (χ3n) is 2.61. The minimum absolute atomic E-state index is 0.264. The summed E-state index contributed by atoms with van der Waals surface area (Å²) < 4.78 is 5.39. The lowest BCUT2D eigenvalue weighted by atomic mass is 10.2. The normalized spacial score (nSPS) is 10.9. The quantitative estimate of drug-likeness (QED) is 0.769. The topological polar surface area (TPSA) is 75.2 Å². The van der Waals surface area contributed by atoms with Crippen LogP contribution in [-0.4, -0.2) is 34.3 Å². The number of carboxylic acids is 1. The third-order valence-corrected chi connectivity index (χ3v) is 2.61. The lowest BCUT2D eigenvalue weighted by Gasteiger charge is -1.98. The Hall–Kier alpha value is -1.88. The molecule has 2 rings (SSSR count). The van der Waals surface area contributed by atoms with E-state index in [2.05, 4.69) is 16.9 Å². The molecule has 5 nitrogen and oxygen atoms in total. The Labute approximate surface area is 105 Å². The van der Waals surface area contributed by atoms with Gasteiger partial charge in [-0.05, 0) is 24.6 Å². The van der Waals surface area contributed by atoms with Crippen LogP contribution < -0.4 is 0 Å². The van der Waals surface area contributed by atoms with Crippen molar-refractivity contribution in [3.05, 3.63) is 29.6 Å². The summed E-state index contributed by atoms with van der Waals surface area (Å²) in [4.78, 5) is 18.3. The molecule has 0 bridgehead atoms. The second kappa shape index (κ2) is 5.64. The average molecular weight is 248 g/mol. The number of rotatable bonds is 6. The zero-order valence-electron chi connectivity index (χ0n) is 10.3. The molecule has 0 aliphatic rings. The lowest BCUT2D eigenvalue weighted by molar-refractivity contribution is 0.0697. The largest absolute Gasteiger partial charge is 0.478 e. The first kappa shape index (κ1) is 12.6. The fraction of sp³-hybridized carbons (Fsp3) is 0.385. The SMILES string of the molecule is CCCOCCc1nc2ccc(C(=O)O)cc2[nH]1. The fourth-order valence-corrected chi connectivity index (χ4v) is 1.73. The maximum Gasteiger partial charge on any atom is 0.335 e. The van der Waals surface area contributed by atoms with Crippen LogP contribution in [0.25, 0.3) is 11.0 Å². The Kier molecular flexibility index (Phi) is 3.94. The van der Waals surface area contributed by atoms with Crippen LogP contribution in [0.15, 0.2) is 18.2 Å². The molecule has 96 valence electrons. The maximum atomic E-state index is 10.8. The van der Waals surface area contributed by atoms with Crippen LogP contribution in [0.3, 0.4) is 0 Å². The zero-order valence-corrected chi connectivity index (χ0v) is 10.3.